The largest absolute Gasteiger partial charge is 0.370 e. The molecule has 2 heterocycles. The number of ketones is 1. The SMILES string of the molecule is CCNC1=NCc2cc(CC(=O)C[C@H](C)c3ccc(Cl)c(Cl)c3)ncc21. The summed E-state index contributed by atoms with van der Waals surface area (Å²) in [6.45, 7) is 5.52. The highest BCUT2D eigenvalue weighted by molar-refractivity contribution is 6.42. The number of nitrogens with one attached hydrogen (secondary N) is 1. The Morgan fingerprint density at radius 3 is 2.81 bits per heavy atom. The topological polar surface area (TPSA) is 54.4 Å². The Hall–Kier alpha value is -1.91. The minimum Gasteiger partial charge on any atom is -0.370 e. The Morgan fingerprint density at radius 1 is 1.27 bits per heavy atom. The van der Waals surface area contributed by atoms with Crippen molar-refractivity contribution in [3.05, 3.63) is 62.9 Å². The van der Waals surface area contributed by atoms with Crippen LogP contribution in [0.5, 0.6) is 0 Å². The number of nitrogens with zero attached hydrogens (tertiary/aromatic N) is 2. The molecule has 26 heavy (non-hydrogen) atoms. The van der Waals surface area contributed by atoms with Gasteiger partial charge in [0.05, 0.1) is 16.6 Å². The van der Waals surface area contributed by atoms with E-state index in [2.05, 4.69) is 15.3 Å². The highest BCUT2D eigenvalue weighted by atomic mass is 35.5. The van der Waals surface area contributed by atoms with Crippen LogP contribution in [0.4, 0.5) is 0 Å². The van der Waals surface area contributed by atoms with Crippen LogP contribution in [-0.2, 0) is 17.8 Å². The molecule has 136 valence electrons. The number of hydrogen-bond acceptors (Lipinski definition) is 4. The number of Topliss-reactive ketones (excluding diaryl/α,β-unsaturated/α-hetero) is 1. The normalized spacial score (nSPS) is 13.9. The lowest BCUT2D eigenvalue weighted by molar-refractivity contribution is -0.118. The average Bonchev–Trinajstić information content (AvgIpc) is 3.00. The molecule has 0 fully saturated rings. The first kappa shape index (κ1) is 18.9. The van der Waals surface area contributed by atoms with E-state index in [0.29, 0.717) is 29.4 Å². The number of pyridine rings is 1. The maximum absolute atomic E-state index is 12.5. The molecule has 4 nitrogen and oxygen atoms in total. The minimum atomic E-state index is 0.0791. The van der Waals surface area contributed by atoms with Crippen LogP contribution >= 0.6 is 23.2 Å². The molecule has 1 N–H and O–H groups in total. The minimum absolute atomic E-state index is 0.0791. The van der Waals surface area contributed by atoms with Gasteiger partial charge >= 0.3 is 0 Å². The molecule has 0 bridgehead atoms. The van der Waals surface area contributed by atoms with Crippen molar-refractivity contribution in [2.45, 2.75) is 39.2 Å². The lowest BCUT2D eigenvalue weighted by Gasteiger charge is -2.12. The smallest absolute Gasteiger partial charge is 0.139 e. The zero-order valence-electron chi connectivity index (χ0n) is 14.9. The first-order valence-electron chi connectivity index (χ1n) is 8.71. The highest BCUT2D eigenvalue weighted by Crippen LogP contribution is 2.28. The van der Waals surface area contributed by atoms with Gasteiger partial charge in [-0.25, -0.2) is 0 Å². The molecular formula is C20H21Cl2N3O. The van der Waals surface area contributed by atoms with Crippen LogP contribution in [-0.4, -0.2) is 23.1 Å². The summed E-state index contributed by atoms with van der Waals surface area (Å²) in [5, 5.41) is 4.27. The number of amidine groups is 1. The highest BCUT2D eigenvalue weighted by Gasteiger charge is 2.18. The Morgan fingerprint density at radius 2 is 2.08 bits per heavy atom. The van der Waals surface area contributed by atoms with E-state index in [4.69, 9.17) is 23.2 Å². The second-order valence-corrected chi connectivity index (χ2v) is 7.34. The molecule has 1 aromatic carbocycles. The molecule has 0 amide bonds. The van der Waals surface area contributed by atoms with Crippen molar-refractivity contribution < 1.29 is 4.79 Å². The molecule has 3 rings (SSSR count). The number of aromatic nitrogens is 1. The maximum atomic E-state index is 12.5. The molecule has 0 saturated heterocycles. The lowest BCUT2D eigenvalue weighted by Crippen LogP contribution is -2.22. The van der Waals surface area contributed by atoms with Gasteiger partial charge < -0.3 is 5.32 Å². The number of halogens is 2. The first-order chi connectivity index (χ1) is 12.5. The molecule has 0 saturated carbocycles. The fourth-order valence-electron chi connectivity index (χ4n) is 3.11. The van der Waals surface area contributed by atoms with Gasteiger partial charge in [0.25, 0.3) is 0 Å². The third kappa shape index (κ3) is 4.25. The molecular weight excluding hydrogens is 369 g/mol. The third-order valence-electron chi connectivity index (χ3n) is 4.48. The molecule has 0 spiro atoms. The first-order valence-corrected chi connectivity index (χ1v) is 9.46. The zero-order valence-corrected chi connectivity index (χ0v) is 16.4. The molecule has 0 unspecified atom stereocenters. The van der Waals surface area contributed by atoms with Gasteiger partial charge in [-0.3, -0.25) is 14.8 Å². The van der Waals surface area contributed by atoms with Crippen LogP contribution in [0.1, 0.15) is 48.6 Å². The lowest BCUT2D eigenvalue weighted by atomic mass is 9.94. The molecule has 1 aliphatic heterocycles. The molecule has 0 radical (unpaired) electrons. The van der Waals surface area contributed by atoms with Gasteiger partial charge in [0.15, 0.2) is 0 Å². The predicted octanol–water partition coefficient (Wildman–Crippen LogP) is 4.56. The van der Waals surface area contributed by atoms with E-state index in [1.807, 2.05) is 38.2 Å². The zero-order chi connectivity index (χ0) is 18.7. The molecule has 1 atom stereocenters. The second kappa shape index (κ2) is 8.19. The second-order valence-electron chi connectivity index (χ2n) is 6.52. The molecule has 0 aliphatic carbocycles. The molecule has 1 aliphatic rings. The van der Waals surface area contributed by atoms with Gasteiger partial charge in [0.2, 0.25) is 0 Å². The number of rotatable bonds is 6. The van der Waals surface area contributed by atoms with Gasteiger partial charge in [-0.1, -0.05) is 36.2 Å². The van der Waals surface area contributed by atoms with E-state index in [-0.39, 0.29) is 11.7 Å². The summed E-state index contributed by atoms with van der Waals surface area (Å²) in [5.74, 6) is 1.12. The van der Waals surface area contributed by atoms with Crippen LogP contribution in [0, 0.1) is 0 Å². The average molecular weight is 390 g/mol. The van der Waals surface area contributed by atoms with E-state index in [1.165, 1.54) is 0 Å². The van der Waals surface area contributed by atoms with E-state index >= 15 is 0 Å². The summed E-state index contributed by atoms with van der Waals surface area (Å²) in [5.41, 5.74) is 3.96. The number of fused-ring (bicyclic) bond motifs is 1. The number of benzene rings is 1. The Balaban J connectivity index is 1.63. The summed E-state index contributed by atoms with van der Waals surface area (Å²) in [4.78, 5) is 21.4. The fourth-order valence-corrected chi connectivity index (χ4v) is 3.41. The van der Waals surface area contributed by atoms with Crippen molar-refractivity contribution >= 4 is 34.8 Å². The predicted molar refractivity (Wildman–Crippen MR) is 106 cm³/mol. The van der Waals surface area contributed by atoms with Crippen molar-refractivity contribution in [1.82, 2.24) is 10.3 Å². The number of hydrogen-bond donors (Lipinski definition) is 1. The van der Waals surface area contributed by atoms with Crippen molar-refractivity contribution in [3.63, 3.8) is 0 Å². The summed E-state index contributed by atoms with van der Waals surface area (Å²) in [6, 6.07) is 7.50. The van der Waals surface area contributed by atoms with Crippen LogP contribution < -0.4 is 5.32 Å². The Bertz CT molecular complexity index is 864. The standard InChI is InChI=1S/C20H21Cl2N3O/c1-3-23-20-17-11-24-15(7-14(17)10-25-20)9-16(26)6-12(2)13-4-5-18(21)19(22)8-13/h4-5,7-8,11-12H,3,6,9-10H2,1-2H3,(H,23,25)/t12-/m0/s1. The molecule has 1 aromatic heterocycles. The van der Waals surface area contributed by atoms with Crippen LogP contribution in [0.25, 0.3) is 0 Å². The van der Waals surface area contributed by atoms with Crippen molar-refractivity contribution in [3.8, 4) is 0 Å². The van der Waals surface area contributed by atoms with E-state index in [1.54, 1.807) is 6.07 Å². The van der Waals surface area contributed by atoms with Gasteiger partial charge in [-0.15, -0.1) is 0 Å². The van der Waals surface area contributed by atoms with E-state index in [0.717, 1.165) is 34.8 Å². The monoisotopic (exact) mass is 389 g/mol. The fraction of sp³-hybridized carbons (Fsp3) is 0.350. The summed E-state index contributed by atoms with van der Waals surface area (Å²) >= 11 is 12.0. The quantitative estimate of drug-likeness (QED) is 0.787. The summed E-state index contributed by atoms with van der Waals surface area (Å²) < 4.78 is 0. The van der Waals surface area contributed by atoms with E-state index in [9.17, 15) is 4.79 Å². The number of carbonyl (C=O) groups excluding carboxylic acids is 1. The third-order valence-corrected chi connectivity index (χ3v) is 5.22. The van der Waals surface area contributed by atoms with Gasteiger partial charge in [-0.05, 0) is 42.2 Å². The number of aliphatic imine (C=N–C) groups is 1. The van der Waals surface area contributed by atoms with Gasteiger partial charge in [0.1, 0.15) is 11.6 Å². The Kier molecular flexibility index (Phi) is 5.94. The summed E-state index contributed by atoms with van der Waals surface area (Å²) in [6.07, 6.45) is 2.58. The van der Waals surface area contributed by atoms with Crippen molar-refractivity contribution in [2.24, 2.45) is 4.99 Å². The number of carbonyl (C=O) groups is 1. The van der Waals surface area contributed by atoms with Gasteiger partial charge in [-0.2, -0.15) is 0 Å². The van der Waals surface area contributed by atoms with Crippen LogP contribution in [0.15, 0.2) is 35.5 Å². The van der Waals surface area contributed by atoms with Crippen LogP contribution in [0.3, 0.4) is 0 Å². The Labute approximate surface area is 163 Å². The van der Waals surface area contributed by atoms with E-state index < -0.39 is 0 Å². The van der Waals surface area contributed by atoms with Gasteiger partial charge in [0, 0.05) is 36.8 Å². The summed E-state index contributed by atoms with van der Waals surface area (Å²) in [7, 11) is 0. The van der Waals surface area contributed by atoms with Crippen LogP contribution in [0.2, 0.25) is 10.0 Å². The molecule has 6 heteroatoms. The maximum Gasteiger partial charge on any atom is 0.139 e. The van der Waals surface area contributed by atoms with Crippen molar-refractivity contribution in [2.75, 3.05) is 6.54 Å². The van der Waals surface area contributed by atoms with Crippen molar-refractivity contribution in [1.29, 1.82) is 0 Å². The molecule has 2 aromatic rings.